The molecule has 3 aromatic rings. The molecule has 1 atom stereocenters. The molecule has 0 radical (unpaired) electrons. The van der Waals surface area contributed by atoms with Crippen LogP contribution < -0.4 is 25.4 Å². The van der Waals surface area contributed by atoms with Crippen molar-refractivity contribution in [2.75, 3.05) is 18.1 Å². The average Bonchev–Trinajstić information content (AvgIpc) is 2.87. The molecule has 4 N–H and O–H groups in total. The Morgan fingerprint density at radius 2 is 1.95 bits per heavy atom. The van der Waals surface area contributed by atoms with Crippen LogP contribution in [0.25, 0.3) is 0 Å². The van der Waals surface area contributed by atoms with Crippen molar-refractivity contribution in [1.29, 1.82) is 5.41 Å². The number of carbonyl (C=O) groups excluding carboxylic acids is 1. The Kier molecular flexibility index (Phi) is 7.82. The lowest BCUT2D eigenvalue weighted by Crippen LogP contribution is -2.46. The van der Waals surface area contributed by atoms with Crippen molar-refractivity contribution in [2.45, 2.75) is 25.5 Å². The smallest absolute Gasteiger partial charge is 0.269 e. The third-order valence-electron chi connectivity index (χ3n) is 5.79. The molecular formula is C26H26FN5O5. The number of hydrogen-bond acceptors (Lipinski definition) is 6. The summed E-state index contributed by atoms with van der Waals surface area (Å²) in [5, 5.41) is 21.1. The van der Waals surface area contributed by atoms with Gasteiger partial charge in [-0.3, -0.25) is 20.3 Å². The number of rotatable bonds is 10. The van der Waals surface area contributed by atoms with Crippen LogP contribution in [0, 0.1) is 21.3 Å². The number of nitrogens with two attached hydrogens (primary N) is 1. The van der Waals surface area contributed by atoms with Gasteiger partial charge in [-0.25, -0.2) is 4.39 Å². The van der Waals surface area contributed by atoms with Gasteiger partial charge in [-0.05, 0) is 41.8 Å². The summed E-state index contributed by atoms with van der Waals surface area (Å²) in [5.74, 6) is -0.0127. The van der Waals surface area contributed by atoms with E-state index in [9.17, 15) is 19.3 Å². The molecule has 1 amide bonds. The minimum Gasteiger partial charge on any atom is -0.493 e. The van der Waals surface area contributed by atoms with E-state index in [2.05, 4.69) is 5.32 Å². The van der Waals surface area contributed by atoms with E-state index in [4.69, 9.17) is 20.6 Å². The predicted octanol–water partition coefficient (Wildman–Crippen LogP) is 3.52. The van der Waals surface area contributed by atoms with E-state index < -0.39 is 16.8 Å². The number of carbonyl (C=O) groups is 1. The Labute approximate surface area is 212 Å². The number of non-ortho nitro benzene ring substituents is 1. The van der Waals surface area contributed by atoms with E-state index >= 15 is 0 Å². The maximum absolute atomic E-state index is 14.0. The zero-order valence-corrected chi connectivity index (χ0v) is 19.9. The van der Waals surface area contributed by atoms with Crippen LogP contribution in [0.3, 0.4) is 0 Å². The molecule has 0 saturated carbocycles. The lowest BCUT2D eigenvalue weighted by atomic mass is 10.1. The summed E-state index contributed by atoms with van der Waals surface area (Å²) >= 11 is 0. The SMILES string of the molecule is N=C(N)NCCc1ccc(OCCC2Oc3ccc(F)cc3N(Cc3cccc([N+](=O)[O-])c3)C2=O)cc1. The van der Waals surface area contributed by atoms with Gasteiger partial charge < -0.3 is 25.4 Å². The van der Waals surface area contributed by atoms with E-state index in [0.717, 1.165) is 5.56 Å². The highest BCUT2D eigenvalue weighted by atomic mass is 19.1. The Bertz CT molecular complexity index is 1300. The number of halogens is 1. The number of fused-ring (bicyclic) bond motifs is 1. The normalized spacial score (nSPS) is 14.5. The number of nitro benzene ring substituents is 1. The second-order valence-corrected chi connectivity index (χ2v) is 8.44. The van der Waals surface area contributed by atoms with Gasteiger partial charge in [-0.2, -0.15) is 0 Å². The van der Waals surface area contributed by atoms with Crippen molar-refractivity contribution in [3.8, 4) is 11.5 Å². The van der Waals surface area contributed by atoms with E-state index in [1.165, 1.54) is 35.2 Å². The number of ether oxygens (including phenoxy) is 2. The molecule has 1 aliphatic heterocycles. The van der Waals surface area contributed by atoms with Crippen molar-refractivity contribution in [2.24, 2.45) is 5.73 Å². The summed E-state index contributed by atoms with van der Waals surface area (Å²) in [6.45, 7) is 0.773. The molecule has 0 bridgehead atoms. The van der Waals surface area contributed by atoms with Crippen molar-refractivity contribution in [1.82, 2.24) is 5.32 Å². The van der Waals surface area contributed by atoms with Crippen molar-refractivity contribution in [3.05, 3.63) is 93.8 Å². The number of nitrogens with one attached hydrogen (secondary N) is 2. The van der Waals surface area contributed by atoms with Crippen LogP contribution in [0.2, 0.25) is 0 Å². The standard InChI is InChI=1S/C26H26FN5O5/c27-19-6-9-23-22(15-19)31(16-18-2-1-3-20(14-18)32(34)35)25(33)24(37-23)11-13-36-21-7-4-17(5-8-21)10-12-30-26(28)29/h1-9,14-15,24H,10-13,16H2,(H4,28,29,30). The highest BCUT2D eigenvalue weighted by Gasteiger charge is 2.35. The van der Waals surface area contributed by atoms with Gasteiger partial charge in [0.15, 0.2) is 12.1 Å². The first-order chi connectivity index (χ1) is 17.8. The fraction of sp³-hybridized carbons (Fsp3) is 0.231. The minimum absolute atomic E-state index is 0.0254. The number of guanidine groups is 1. The van der Waals surface area contributed by atoms with Crippen molar-refractivity contribution >= 4 is 23.2 Å². The second-order valence-electron chi connectivity index (χ2n) is 8.44. The third-order valence-corrected chi connectivity index (χ3v) is 5.79. The largest absolute Gasteiger partial charge is 0.493 e. The molecule has 192 valence electrons. The van der Waals surface area contributed by atoms with Crippen LogP contribution >= 0.6 is 0 Å². The molecule has 1 unspecified atom stereocenters. The highest BCUT2D eigenvalue weighted by Crippen LogP contribution is 2.36. The summed E-state index contributed by atoms with van der Waals surface area (Å²) < 4.78 is 25.7. The zero-order valence-electron chi connectivity index (χ0n) is 19.9. The number of nitrogens with zero attached hydrogens (tertiary/aromatic N) is 2. The van der Waals surface area contributed by atoms with Crippen LogP contribution in [0.1, 0.15) is 17.5 Å². The van der Waals surface area contributed by atoms with Crippen LogP contribution in [0.15, 0.2) is 66.7 Å². The molecule has 37 heavy (non-hydrogen) atoms. The molecule has 1 aliphatic rings. The highest BCUT2D eigenvalue weighted by molar-refractivity contribution is 6.00. The molecule has 1 heterocycles. The number of nitro groups is 1. The first-order valence-electron chi connectivity index (χ1n) is 11.6. The van der Waals surface area contributed by atoms with E-state index in [-0.39, 0.29) is 42.8 Å². The van der Waals surface area contributed by atoms with Crippen LogP contribution in [-0.4, -0.2) is 36.0 Å². The quantitative estimate of drug-likeness (QED) is 0.165. The van der Waals surface area contributed by atoms with Gasteiger partial charge in [-0.1, -0.05) is 24.3 Å². The number of anilines is 1. The van der Waals surface area contributed by atoms with Crippen LogP contribution in [0.5, 0.6) is 11.5 Å². The molecule has 0 spiro atoms. The fourth-order valence-electron chi connectivity index (χ4n) is 3.97. The summed E-state index contributed by atoms with van der Waals surface area (Å²) in [4.78, 5) is 25.4. The van der Waals surface area contributed by atoms with Gasteiger partial charge in [0, 0.05) is 31.2 Å². The maximum atomic E-state index is 14.0. The third kappa shape index (κ3) is 6.51. The molecule has 0 saturated heterocycles. The fourth-order valence-corrected chi connectivity index (χ4v) is 3.97. The molecule has 10 nitrogen and oxygen atoms in total. The van der Waals surface area contributed by atoms with Gasteiger partial charge >= 0.3 is 0 Å². The minimum atomic E-state index is -0.867. The Balaban J connectivity index is 1.42. The van der Waals surface area contributed by atoms with Gasteiger partial charge in [0.25, 0.3) is 11.6 Å². The van der Waals surface area contributed by atoms with Crippen molar-refractivity contribution < 1.29 is 23.6 Å². The first-order valence-corrected chi connectivity index (χ1v) is 11.6. The monoisotopic (exact) mass is 507 g/mol. The van der Waals surface area contributed by atoms with E-state index in [1.807, 2.05) is 24.3 Å². The van der Waals surface area contributed by atoms with Crippen molar-refractivity contribution in [3.63, 3.8) is 0 Å². The number of amides is 1. The van der Waals surface area contributed by atoms with Crippen LogP contribution in [-0.2, 0) is 17.8 Å². The lowest BCUT2D eigenvalue weighted by Gasteiger charge is -2.34. The molecule has 0 aliphatic carbocycles. The predicted molar refractivity (Wildman–Crippen MR) is 135 cm³/mol. The van der Waals surface area contributed by atoms with E-state index in [0.29, 0.717) is 30.0 Å². The number of benzene rings is 3. The van der Waals surface area contributed by atoms with Crippen LogP contribution in [0.4, 0.5) is 15.8 Å². The molecule has 11 heteroatoms. The number of hydrogen-bond donors (Lipinski definition) is 3. The molecule has 3 aromatic carbocycles. The molecular weight excluding hydrogens is 481 g/mol. The summed E-state index contributed by atoms with van der Waals surface area (Å²) in [6.07, 6.45) is 0.0735. The topological polar surface area (TPSA) is 144 Å². The average molecular weight is 508 g/mol. The van der Waals surface area contributed by atoms with Gasteiger partial charge in [0.05, 0.1) is 23.8 Å². The van der Waals surface area contributed by atoms with E-state index in [1.54, 1.807) is 12.1 Å². The summed E-state index contributed by atoms with van der Waals surface area (Å²) in [7, 11) is 0. The lowest BCUT2D eigenvalue weighted by molar-refractivity contribution is -0.384. The summed E-state index contributed by atoms with van der Waals surface area (Å²) in [5.41, 5.74) is 7.04. The molecule has 4 rings (SSSR count). The molecule has 0 aromatic heterocycles. The van der Waals surface area contributed by atoms with Gasteiger partial charge in [0.2, 0.25) is 0 Å². The Hall–Kier alpha value is -4.67. The zero-order chi connectivity index (χ0) is 26.4. The second kappa shape index (κ2) is 11.4. The van der Waals surface area contributed by atoms with Gasteiger partial charge in [0.1, 0.15) is 17.3 Å². The Morgan fingerprint density at radius 1 is 1.16 bits per heavy atom. The summed E-state index contributed by atoms with van der Waals surface area (Å²) in [6, 6.07) is 17.4. The Morgan fingerprint density at radius 3 is 2.68 bits per heavy atom. The van der Waals surface area contributed by atoms with Gasteiger partial charge in [-0.15, -0.1) is 0 Å². The first kappa shape index (κ1) is 25.4. The maximum Gasteiger partial charge on any atom is 0.269 e. The molecule has 0 fully saturated rings.